The highest BCUT2D eigenvalue weighted by Crippen LogP contribution is 2.32. The fourth-order valence-corrected chi connectivity index (χ4v) is 2.97. The van der Waals surface area contributed by atoms with Crippen LogP contribution in [0.5, 0.6) is 0 Å². The monoisotopic (exact) mass is 350 g/mol. The molecule has 0 atom stereocenters. The van der Waals surface area contributed by atoms with Gasteiger partial charge < -0.3 is 0 Å². The normalized spacial score (nSPS) is 11.1. The molecular weight excluding hydrogens is 332 g/mol. The number of thiocarbonyl (C=S) groups is 2. The van der Waals surface area contributed by atoms with E-state index in [0.717, 1.165) is 24.2 Å². The molecule has 2 aromatic rings. The molecule has 24 heavy (non-hydrogen) atoms. The summed E-state index contributed by atoms with van der Waals surface area (Å²) in [6.45, 7) is 4.36. The molecule has 0 fully saturated rings. The molecule has 2 nitrogen and oxygen atoms in total. The van der Waals surface area contributed by atoms with E-state index in [1.165, 1.54) is 22.3 Å². The van der Waals surface area contributed by atoms with E-state index in [9.17, 15) is 0 Å². The topological polar surface area (TPSA) is 24.7 Å². The first-order valence-corrected chi connectivity index (χ1v) is 8.63. The van der Waals surface area contributed by atoms with Crippen molar-refractivity contribution in [3.63, 3.8) is 0 Å². The Balaban J connectivity index is 2.48. The number of hydrogen-bond donors (Lipinski definition) is 0. The minimum absolute atomic E-state index is 0.824. The zero-order valence-electron chi connectivity index (χ0n) is 13.7. The second-order valence-corrected chi connectivity index (χ2v) is 5.53. The highest BCUT2D eigenvalue weighted by Gasteiger charge is 2.09. The first-order valence-electron chi connectivity index (χ1n) is 7.82. The molecule has 0 amide bonds. The van der Waals surface area contributed by atoms with E-state index in [1.54, 1.807) is 0 Å². The van der Waals surface area contributed by atoms with Crippen LogP contribution in [0.1, 0.15) is 37.8 Å². The summed E-state index contributed by atoms with van der Waals surface area (Å²) in [6, 6.07) is 16.2. The van der Waals surface area contributed by atoms with Crippen molar-refractivity contribution in [2.45, 2.75) is 26.7 Å². The zero-order chi connectivity index (χ0) is 17.4. The van der Waals surface area contributed by atoms with Crippen LogP contribution < -0.4 is 0 Å². The van der Waals surface area contributed by atoms with Crippen LogP contribution >= 0.6 is 24.4 Å². The predicted octanol–water partition coefficient (Wildman–Crippen LogP) is 6.89. The third-order valence-electron chi connectivity index (χ3n) is 3.85. The Morgan fingerprint density at radius 1 is 0.708 bits per heavy atom. The van der Waals surface area contributed by atoms with Crippen LogP contribution in [0.15, 0.2) is 58.5 Å². The molecule has 0 N–H and O–H groups in total. The maximum atomic E-state index is 4.65. The minimum atomic E-state index is 0.824. The predicted molar refractivity (Wildman–Crippen MR) is 110 cm³/mol. The third kappa shape index (κ3) is 4.41. The highest BCUT2D eigenvalue weighted by atomic mass is 32.1. The molecule has 2 aromatic carbocycles. The molecule has 0 spiro atoms. The maximum Gasteiger partial charge on any atom is 0.0739 e. The minimum Gasteiger partial charge on any atom is -0.195 e. The lowest BCUT2D eigenvalue weighted by molar-refractivity contribution is 1.18. The summed E-state index contributed by atoms with van der Waals surface area (Å²) < 4.78 is 0. The number of isothiocyanates is 2. The third-order valence-corrected chi connectivity index (χ3v) is 4.03. The lowest BCUT2D eigenvalue weighted by Crippen LogP contribution is -1.91. The van der Waals surface area contributed by atoms with Gasteiger partial charge in [0.15, 0.2) is 0 Å². The average molecular weight is 351 g/mol. The Morgan fingerprint density at radius 2 is 1.04 bits per heavy atom. The fourth-order valence-electron chi connectivity index (χ4n) is 2.76. The summed E-state index contributed by atoms with van der Waals surface area (Å²) in [5.41, 5.74) is 6.73. The largest absolute Gasteiger partial charge is 0.195 e. The van der Waals surface area contributed by atoms with E-state index >= 15 is 0 Å². The van der Waals surface area contributed by atoms with E-state index in [-0.39, 0.29) is 0 Å². The van der Waals surface area contributed by atoms with Gasteiger partial charge >= 0.3 is 0 Å². The van der Waals surface area contributed by atoms with E-state index in [4.69, 9.17) is 0 Å². The Hall–Kier alpha value is -2.22. The Bertz CT molecular complexity index is 749. The standard InChI is InChI=1S/C20H18N2S2/c1-3-19(15-5-9-17(10-6-15)21-13-23)20(4-2)16-7-11-18(12-8-16)22-14-24/h5-12H,3-4H2,1-2H3. The number of hydrogen-bond acceptors (Lipinski definition) is 4. The van der Waals surface area contributed by atoms with Crippen molar-refractivity contribution in [1.29, 1.82) is 0 Å². The first kappa shape index (κ1) is 18.1. The van der Waals surface area contributed by atoms with Crippen LogP contribution in [0, 0.1) is 0 Å². The summed E-state index contributed by atoms with van der Waals surface area (Å²) in [7, 11) is 0. The van der Waals surface area contributed by atoms with Crippen molar-refractivity contribution < 1.29 is 0 Å². The molecule has 0 saturated heterocycles. The second-order valence-electron chi connectivity index (χ2n) is 5.16. The molecule has 0 saturated carbocycles. The Kier molecular flexibility index (Phi) is 6.92. The van der Waals surface area contributed by atoms with E-state index < -0.39 is 0 Å². The van der Waals surface area contributed by atoms with Crippen molar-refractivity contribution in [3.05, 3.63) is 59.7 Å². The van der Waals surface area contributed by atoms with Crippen molar-refractivity contribution >= 4 is 57.3 Å². The molecule has 4 heteroatoms. The van der Waals surface area contributed by atoms with Crippen molar-refractivity contribution in [2.75, 3.05) is 0 Å². The van der Waals surface area contributed by atoms with Gasteiger partial charge in [-0.1, -0.05) is 38.1 Å². The Morgan fingerprint density at radius 3 is 1.29 bits per heavy atom. The van der Waals surface area contributed by atoms with Gasteiger partial charge in [0, 0.05) is 0 Å². The van der Waals surface area contributed by atoms with Gasteiger partial charge in [0.25, 0.3) is 0 Å². The lowest BCUT2D eigenvalue weighted by Gasteiger charge is -2.14. The molecule has 0 aromatic heterocycles. The second kappa shape index (κ2) is 9.17. The summed E-state index contributed by atoms with van der Waals surface area (Å²) >= 11 is 9.30. The summed E-state index contributed by atoms with van der Waals surface area (Å²) in [4.78, 5) is 8.01. The number of aliphatic imine (C=N–C) groups is 2. The van der Waals surface area contributed by atoms with Crippen molar-refractivity contribution in [3.8, 4) is 0 Å². The van der Waals surface area contributed by atoms with Gasteiger partial charge in [-0.15, -0.1) is 0 Å². The molecule has 120 valence electrons. The van der Waals surface area contributed by atoms with Crippen LogP contribution in [-0.2, 0) is 0 Å². The SMILES string of the molecule is CCC(=C(CC)c1ccc(N=C=S)cc1)c1ccc(N=C=S)cc1. The fraction of sp³-hybridized carbons (Fsp3) is 0.200. The van der Waals surface area contributed by atoms with Gasteiger partial charge in [0.1, 0.15) is 0 Å². The number of benzene rings is 2. The van der Waals surface area contributed by atoms with Crippen molar-refractivity contribution in [2.24, 2.45) is 9.98 Å². The average Bonchev–Trinajstić information content (AvgIpc) is 2.62. The van der Waals surface area contributed by atoms with Gasteiger partial charge in [0.05, 0.1) is 21.7 Å². The molecule has 0 aliphatic heterocycles. The molecule has 0 unspecified atom stereocenters. The smallest absolute Gasteiger partial charge is 0.0739 e. The number of rotatable bonds is 6. The number of nitrogens with zero attached hydrogens (tertiary/aromatic N) is 2. The van der Waals surface area contributed by atoms with Crippen LogP contribution in [0.2, 0.25) is 0 Å². The zero-order valence-corrected chi connectivity index (χ0v) is 15.4. The molecule has 0 aliphatic rings. The number of allylic oxidation sites excluding steroid dienone is 2. The highest BCUT2D eigenvalue weighted by molar-refractivity contribution is 7.78. The molecule has 0 aliphatic carbocycles. The van der Waals surface area contributed by atoms with Crippen LogP contribution in [0.4, 0.5) is 11.4 Å². The van der Waals surface area contributed by atoms with Gasteiger partial charge in [-0.3, -0.25) is 0 Å². The molecular formula is C20H18N2S2. The lowest BCUT2D eigenvalue weighted by atomic mass is 9.91. The summed E-state index contributed by atoms with van der Waals surface area (Å²) in [5.74, 6) is 0. The Labute approximate surface area is 153 Å². The quantitative estimate of drug-likeness (QED) is 0.322. The maximum absolute atomic E-state index is 4.65. The molecule has 2 rings (SSSR count). The van der Waals surface area contributed by atoms with E-state index in [1.807, 2.05) is 24.3 Å². The summed E-state index contributed by atoms with van der Waals surface area (Å²) in [6.07, 6.45) is 1.91. The van der Waals surface area contributed by atoms with Gasteiger partial charge in [-0.25, -0.2) is 0 Å². The van der Waals surface area contributed by atoms with Crippen LogP contribution in [0.3, 0.4) is 0 Å². The van der Waals surface area contributed by atoms with Gasteiger partial charge in [0.2, 0.25) is 0 Å². The van der Waals surface area contributed by atoms with Crippen LogP contribution in [0.25, 0.3) is 11.1 Å². The van der Waals surface area contributed by atoms with E-state index in [2.05, 4.69) is 82.9 Å². The van der Waals surface area contributed by atoms with Crippen molar-refractivity contribution in [1.82, 2.24) is 0 Å². The first-order chi connectivity index (χ1) is 11.7. The van der Waals surface area contributed by atoms with Gasteiger partial charge in [-0.2, -0.15) is 9.98 Å². The molecule has 0 radical (unpaired) electrons. The molecule has 0 heterocycles. The summed E-state index contributed by atoms with van der Waals surface area (Å²) in [5, 5.41) is 4.79. The van der Waals surface area contributed by atoms with Crippen LogP contribution in [-0.4, -0.2) is 10.3 Å². The van der Waals surface area contributed by atoms with Gasteiger partial charge in [-0.05, 0) is 83.8 Å². The van der Waals surface area contributed by atoms with E-state index in [0.29, 0.717) is 0 Å². The molecule has 0 bridgehead atoms.